The third kappa shape index (κ3) is 26.3. The van der Waals surface area contributed by atoms with Crippen molar-refractivity contribution in [1.29, 1.82) is 0 Å². The minimum atomic E-state index is -1.98. The maximum absolute atomic E-state index is 14.0. The van der Waals surface area contributed by atoms with E-state index in [9.17, 15) is 59.4 Å². The van der Waals surface area contributed by atoms with Crippen molar-refractivity contribution in [2.75, 3.05) is 43.6 Å². The number of aliphatic hydroxyl groups is 6. The topological polar surface area (TPSA) is 416 Å². The number of rotatable bonds is 21. The first-order valence-corrected chi connectivity index (χ1v) is 31.7. The van der Waals surface area contributed by atoms with Crippen molar-refractivity contribution in [3.05, 3.63) is 0 Å². The predicted octanol–water partition coefficient (Wildman–Crippen LogP) is 2.19. The summed E-state index contributed by atoms with van der Waals surface area (Å²) in [5.41, 5.74) is -6.24. The van der Waals surface area contributed by atoms with Crippen molar-refractivity contribution in [2.45, 2.75) is 281 Å². The van der Waals surface area contributed by atoms with Crippen LogP contribution in [0.15, 0.2) is 0 Å². The average Bonchev–Trinajstić information content (AvgIpc) is 1.29. The molecule has 0 aromatic rings. The molecular formula is C57H102N6O25S2. The van der Waals surface area contributed by atoms with Gasteiger partial charge in [-0.25, -0.2) is 28.8 Å². The second-order valence-corrected chi connectivity index (χ2v) is 29.7. The number of ether oxygens (including phenoxy) is 13. The lowest BCUT2D eigenvalue weighted by Gasteiger charge is -2.49. The van der Waals surface area contributed by atoms with Crippen molar-refractivity contribution in [3.8, 4) is 0 Å². The summed E-state index contributed by atoms with van der Waals surface area (Å²) >= 11 is 5.48. The smallest absolute Gasteiger partial charge is 0.408 e. The van der Waals surface area contributed by atoms with E-state index >= 15 is 0 Å². The minimum Gasteiger partial charge on any atom is -0.444 e. The molecule has 0 spiro atoms. The van der Waals surface area contributed by atoms with Crippen LogP contribution in [0.3, 0.4) is 0 Å². The molecule has 0 aromatic carbocycles. The quantitative estimate of drug-likeness (QED) is 0.0445. The fourth-order valence-corrected chi connectivity index (χ4v) is 10.5. The van der Waals surface area contributed by atoms with Gasteiger partial charge < -0.3 is 124 Å². The molecule has 522 valence electrons. The van der Waals surface area contributed by atoms with E-state index in [-0.39, 0.29) is 12.4 Å². The van der Waals surface area contributed by atoms with Crippen LogP contribution in [0.2, 0.25) is 0 Å². The number of thioether (sulfide) groups is 1. The SMILES string of the molecule is CC(C)(C)OC(=O)NCC1O[C@H](O[C@@H]2C(NC(=O)OC(C)(C)C)C[C@@H](NC(=O)OC(C)(C)C)[C@@H](O)C2O[C@@H]2O[C@H](CSCCOCCS)C(OC3O[C@@H](CNC(=O)OC(C)(C)C)C(O)C(O)[C@H]3NC(=O)OC(C)(C)C)C2O)C(NC(=O)OC(C)(C)C)C(O)[C@@H]1O. The van der Waals surface area contributed by atoms with Gasteiger partial charge in [-0.05, 0) is 131 Å². The van der Waals surface area contributed by atoms with Crippen LogP contribution in [0, 0.1) is 0 Å². The van der Waals surface area contributed by atoms with Gasteiger partial charge in [0.2, 0.25) is 0 Å². The molecule has 12 N–H and O–H groups in total. The maximum Gasteiger partial charge on any atom is 0.408 e. The lowest BCUT2D eigenvalue weighted by molar-refractivity contribution is -0.310. The van der Waals surface area contributed by atoms with Crippen molar-refractivity contribution in [1.82, 2.24) is 31.9 Å². The highest BCUT2D eigenvalue weighted by molar-refractivity contribution is 7.99. The molecule has 10 unspecified atom stereocenters. The Labute approximate surface area is 536 Å². The number of thiol groups is 1. The normalized spacial score (nSPS) is 31.9. The van der Waals surface area contributed by atoms with Crippen LogP contribution in [0.5, 0.6) is 0 Å². The van der Waals surface area contributed by atoms with Gasteiger partial charge in [-0.1, -0.05) is 0 Å². The molecule has 90 heavy (non-hydrogen) atoms. The van der Waals surface area contributed by atoms with Crippen LogP contribution in [-0.4, -0.2) is 261 Å². The molecule has 0 radical (unpaired) electrons. The van der Waals surface area contributed by atoms with Crippen molar-refractivity contribution in [2.24, 2.45) is 0 Å². The van der Waals surface area contributed by atoms with Crippen molar-refractivity contribution < 1.29 is 121 Å². The monoisotopic (exact) mass is 1330 g/mol. The van der Waals surface area contributed by atoms with Gasteiger partial charge in [-0.3, -0.25) is 0 Å². The molecule has 3 saturated heterocycles. The van der Waals surface area contributed by atoms with E-state index in [1.807, 2.05) is 0 Å². The maximum atomic E-state index is 14.0. The number of carbonyl (C=O) groups is 6. The summed E-state index contributed by atoms with van der Waals surface area (Å²) in [5, 5.41) is 87.3. The number of alkyl carbamates (subject to hydrolysis) is 6. The Balaban J connectivity index is 1.91. The Morgan fingerprint density at radius 2 is 0.778 bits per heavy atom. The number of hydrogen-bond donors (Lipinski definition) is 13. The molecule has 0 bridgehead atoms. The molecule has 3 heterocycles. The lowest BCUT2D eigenvalue weighted by Crippen LogP contribution is -2.70. The largest absolute Gasteiger partial charge is 0.444 e. The van der Waals surface area contributed by atoms with Crippen LogP contribution in [0.4, 0.5) is 28.8 Å². The Kier molecular flexibility index (Phi) is 28.5. The third-order valence-corrected chi connectivity index (χ3v) is 14.1. The Morgan fingerprint density at radius 3 is 1.18 bits per heavy atom. The first kappa shape index (κ1) is 78.2. The summed E-state index contributed by atoms with van der Waals surface area (Å²) in [6.45, 7) is 28.3. The molecule has 6 amide bonds. The summed E-state index contributed by atoms with van der Waals surface area (Å²) in [6, 6.07) is -6.29. The number of hydrogen-bond acceptors (Lipinski definition) is 27. The van der Waals surface area contributed by atoms with E-state index in [1.54, 1.807) is 125 Å². The molecule has 3 aliphatic heterocycles. The van der Waals surface area contributed by atoms with Crippen LogP contribution in [0.1, 0.15) is 131 Å². The van der Waals surface area contributed by atoms with Gasteiger partial charge in [0.05, 0.1) is 31.4 Å². The van der Waals surface area contributed by atoms with Crippen LogP contribution in [0.25, 0.3) is 0 Å². The Hall–Kier alpha value is -4.20. The second kappa shape index (κ2) is 32.8. The summed E-state index contributed by atoms with van der Waals surface area (Å²) in [5.74, 6) is 0.785. The standard InChI is InChI=1S/C57H102N6O25S2/c1-52(2,3)83-46(70)58-24-29-35(65)37(67)32(62-50(74)87-56(13,14)15)43(77-29)80-40-28(61-49(73)86-55(10,11)12)23-27(60-48(72)85-54(7,8)9)34(64)42(40)82-45-39(69)41(31(79-45)26-90-22-20-76-19-21-89)81-44-33(63-51(75)88-57(16,17)18)38(68)36(66)30(78-44)25-59-47(71)84-53(4,5)6/h27-45,64-69,89H,19-26H2,1-18H3,(H,58,70)(H,59,71)(H,60,72)(H,61,73)(H,62,74)(H,63,75)/t27-,28?,29?,30+,31-,32?,33-,34-,35-,36?,37?,38?,39?,40-,41?,42?,43-,44?,45+/m1/s1. The second-order valence-electron chi connectivity index (χ2n) is 28.1. The predicted molar refractivity (Wildman–Crippen MR) is 324 cm³/mol. The van der Waals surface area contributed by atoms with Gasteiger partial charge in [0.25, 0.3) is 0 Å². The van der Waals surface area contributed by atoms with E-state index in [4.69, 9.17) is 61.6 Å². The summed E-state index contributed by atoms with van der Waals surface area (Å²) in [7, 11) is 0. The van der Waals surface area contributed by atoms with Gasteiger partial charge in [0, 0.05) is 30.3 Å². The lowest BCUT2D eigenvalue weighted by atomic mass is 9.83. The zero-order chi connectivity index (χ0) is 68.2. The number of amides is 6. The average molecular weight is 1340 g/mol. The van der Waals surface area contributed by atoms with Gasteiger partial charge in [0.15, 0.2) is 18.9 Å². The first-order valence-electron chi connectivity index (χ1n) is 29.9. The zero-order valence-electron chi connectivity index (χ0n) is 54.9. The highest BCUT2D eigenvalue weighted by Crippen LogP contribution is 2.37. The van der Waals surface area contributed by atoms with Gasteiger partial charge in [-0.2, -0.15) is 24.4 Å². The van der Waals surface area contributed by atoms with Crippen LogP contribution in [-0.2, 0) is 61.6 Å². The van der Waals surface area contributed by atoms with Crippen molar-refractivity contribution in [3.63, 3.8) is 0 Å². The van der Waals surface area contributed by atoms with E-state index in [0.717, 1.165) is 0 Å². The molecule has 33 heteroatoms. The molecule has 4 fully saturated rings. The summed E-state index contributed by atoms with van der Waals surface area (Å²) < 4.78 is 77.6. The van der Waals surface area contributed by atoms with E-state index in [1.165, 1.54) is 11.8 Å². The van der Waals surface area contributed by atoms with Gasteiger partial charge in [-0.15, -0.1) is 0 Å². The fraction of sp³-hybridized carbons (Fsp3) is 0.895. The number of carbonyl (C=O) groups excluding carboxylic acids is 6. The Bertz CT molecular complexity index is 2320. The van der Waals surface area contributed by atoms with E-state index < -0.39 is 206 Å². The fourth-order valence-electron chi connectivity index (χ4n) is 9.42. The number of nitrogens with one attached hydrogen (secondary N) is 6. The highest BCUT2D eigenvalue weighted by atomic mass is 32.2. The molecule has 0 aromatic heterocycles. The van der Waals surface area contributed by atoms with E-state index in [0.29, 0.717) is 18.1 Å². The van der Waals surface area contributed by atoms with E-state index in [2.05, 4.69) is 44.5 Å². The van der Waals surface area contributed by atoms with Gasteiger partial charge in [0.1, 0.15) is 113 Å². The minimum absolute atomic E-state index is 0.0107. The molecule has 4 aliphatic rings. The summed E-state index contributed by atoms with van der Waals surface area (Å²) in [4.78, 5) is 80.4. The first-order chi connectivity index (χ1) is 41.2. The molecule has 1 aliphatic carbocycles. The van der Waals surface area contributed by atoms with Crippen LogP contribution < -0.4 is 31.9 Å². The summed E-state index contributed by atoms with van der Waals surface area (Å²) in [6.07, 6.45) is -33.1. The Morgan fingerprint density at radius 1 is 0.422 bits per heavy atom. The molecule has 31 nitrogen and oxygen atoms in total. The highest BCUT2D eigenvalue weighted by Gasteiger charge is 2.57. The van der Waals surface area contributed by atoms with Crippen LogP contribution >= 0.6 is 24.4 Å². The molecule has 19 atom stereocenters. The third-order valence-electron chi connectivity index (χ3n) is 12.9. The van der Waals surface area contributed by atoms with Crippen molar-refractivity contribution >= 4 is 61.0 Å². The zero-order valence-corrected chi connectivity index (χ0v) is 56.6. The van der Waals surface area contributed by atoms with Gasteiger partial charge >= 0.3 is 36.6 Å². The molecular weight excluding hydrogens is 1230 g/mol. The molecule has 4 rings (SSSR count). The molecule has 1 saturated carbocycles. The number of aliphatic hydroxyl groups excluding tert-OH is 6.